The Bertz CT molecular complexity index is 464. The summed E-state index contributed by atoms with van der Waals surface area (Å²) in [6.07, 6.45) is 0.892. The molecule has 0 radical (unpaired) electrons. The smallest absolute Gasteiger partial charge is 0.410 e. The maximum Gasteiger partial charge on any atom is 0.410 e. The van der Waals surface area contributed by atoms with Gasteiger partial charge >= 0.3 is 6.09 Å². The molecule has 2 rings (SSSR count). The summed E-state index contributed by atoms with van der Waals surface area (Å²) in [5, 5.41) is 2.94. The molecule has 0 bridgehead atoms. The summed E-state index contributed by atoms with van der Waals surface area (Å²) < 4.78 is 16.5. The number of likely N-dealkylation sites (tertiary alicyclic amines) is 1. The van der Waals surface area contributed by atoms with Crippen LogP contribution in [0.2, 0.25) is 0 Å². The molecule has 0 aromatic carbocycles. The van der Waals surface area contributed by atoms with Crippen LogP contribution in [0.15, 0.2) is 0 Å². The summed E-state index contributed by atoms with van der Waals surface area (Å²) in [6, 6.07) is 0. The highest BCUT2D eigenvalue weighted by Crippen LogP contribution is 2.23. The molecule has 1 atom stereocenters. The topological polar surface area (TPSA) is 77.1 Å². The maximum atomic E-state index is 12.3. The number of hydrogen-bond donors (Lipinski definition) is 1. The molecule has 0 aromatic heterocycles. The van der Waals surface area contributed by atoms with Gasteiger partial charge in [0, 0.05) is 25.6 Å². The van der Waals surface area contributed by atoms with Crippen molar-refractivity contribution in [1.82, 2.24) is 10.2 Å². The number of carbonyl (C=O) groups excluding carboxylic acids is 2. The molecule has 138 valence electrons. The molecule has 24 heavy (non-hydrogen) atoms. The van der Waals surface area contributed by atoms with Crippen molar-refractivity contribution in [3.8, 4) is 0 Å². The molecule has 1 N–H and O–H groups in total. The first-order chi connectivity index (χ1) is 11.1. The molecule has 0 unspecified atom stereocenters. The molecule has 2 heterocycles. The summed E-state index contributed by atoms with van der Waals surface area (Å²) in [4.78, 5) is 26.0. The monoisotopic (exact) mass is 342 g/mol. The zero-order chi connectivity index (χ0) is 18.0. The zero-order valence-electron chi connectivity index (χ0n) is 15.4. The SMILES string of the molecule is CC(C)(C)OC(=O)N1CCC(C(=O)NC[C@H]2COC(C)(C)O2)CC1. The molecule has 2 aliphatic rings. The number of rotatable bonds is 3. The predicted octanol–water partition coefficient (Wildman–Crippen LogP) is 1.90. The number of nitrogens with zero attached hydrogens (tertiary/aromatic N) is 1. The number of amides is 2. The number of carbonyl (C=O) groups is 2. The lowest BCUT2D eigenvalue weighted by Crippen LogP contribution is -2.46. The Kier molecular flexibility index (Phi) is 5.75. The van der Waals surface area contributed by atoms with Gasteiger partial charge in [-0.15, -0.1) is 0 Å². The highest BCUT2D eigenvalue weighted by molar-refractivity contribution is 5.79. The summed E-state index contributed by atoms with van der Waals surface area (Å²) >= 11 is 0. The van der Waals surface area contributed by atoms with E-state index in [1.807, 2.05) is 34.6 Å². The third-order valence-electron chi connectivity index (χ3n) is 4.09. The van der Waals surface area contributed by atoms with Gasteiger partial charge in [0.2, 0.25) is 5.91 Å². The van der Waals surface area contributed by atoms with Crippen molar-refractivity contribution >= 4 is 12.0 Å². The number of ether oxygens (including phenoxy) is 3. The lowest BCUT2D eigenvalue weighted by Gasteiger charge is -2.33. The highest BCUT2D eigenvalue weighted by Gasteiger charge is 2.34. The van der Waals surface area contributed by atoms with Crippen LogP contribution in [-0.4, -0.2) is 60.6 Å². The lowest BCUT2D eigenvalue weighted by molar-refractivity contribution is -0.140. The van der Waals surface area contributed by atoms with E-state index in [1.54, 1.807) is 4.90 Å². The van der Waals surface area contributed by atoms with Crippen LogP contribution in [0.3, 0.4) is 0 Å². The second kappa shape index (κ2) is 7.27. The molecular formula is C17H30N2O5. The minimum Gasteiger partial charge on any atom is -0.444 e. The number of nitrogens with one attached hydrogen (secondary N) is 1. The molecule has 2 amide bonds. The highest BCUT2D eigenvalue weighted by atomic mass is 16.7. The van der Waals surface area contributed by atoms with E-state index in [2.05, 4.69) is 5.32 Å². The average molecular weight is 342 g/mol. The Morgan fingerprint density at radius 3 is 2.38 bits per heavy atom. The van der Waals surface area contributed by atoms with Crippen molar-refractivity contribution in [2.45, 2.75) is 65.0 Å². The van der Waals surface area contributed by atoms with Crippen molar-refractivity contribution in [2.24, 2.45) is 5.92 Å². The first kappa shape index (κ1) is 19.0. The third kappa shape index (κ3) is 5.63. The van der Waals surface area contributed by atoms with Gasteiger partial charge in [-0.1, -0.05) is 0 Å². The van der Waals surface area contributed by atoms with Gasteiger partial charge in [-0.05, 0) is 47.5 Å². The molecule has 2 fully saturated rings. The van der Waals surface area contributed by atoms with E-state index in [9.17, 15) is 9.59 Å². The van der Waals surface area contributed by atoms with E-state index < -0.39 is 11.4 Å². The van der Waals surface area contributed by atoms with Crippen LogP contribution in [0.1, 0.15) is 47.5 Å². The van der Waals surface area contributed by atoms with Crippen LogP contribution in [0.5, 0.6) is 0 Å². The molecule has 0 saturated carbocycles. The van der Waals surface area contributed by atoms with Crippen LogP contribution >= 0.6 is 0 Å². The van der Waals surface area contributed by atoms with Crippen LogP contribution in [0.25, 0.3) is 0 Å². The van der Waals surface area contributed by atoms with E-state index in [-0.39, 0.29) is 24.0 Å². The van der Waals surface area contributed by atoms with Gasteiger partial charge in [-0.3, -0.25) is 4.79 Å². The first-order valence-electron chi connectivity index (χ1n) is 8.63. The molecule has 7 heteroatoms. The predicted molar refractivity (Wildman–Crippen MR) is 88.4 cm³/mol. The van der Waals surface area contributed by atoms with E-state index in [0.29, 0.717) is 39.1 Å². The summed E-state index contributed by atoms with van der Waals surface area (Å²) in [6.45, 7) is 11.3. The molecule has 7 nitrogen and oxygen atoms in total. The van der Waals surface area contributed by atoms with Crippen molar-refractivity contribution in [3.63, 3.8) is 0 Å². The Morgan fingerprint density at radius 2 is 1.88 bits per heavy atom. The largest absolute Gasteiger partial charge is 0.444 e. The van der Waals surface area contributed by atoms with Gasteiger partial charge in [0.05, 0.1) is 6.61 Å². The van der Waals surface area contributed by atoms with Crippen LogP contribution in [-0.2, 0) is 19.0 Å². The Labute approximate surface area is 144 Å². The zero-order valence-corrected chi connectivity index (χ0v) is 15.4. The summed E-state index contributed by atoms with van der Waals surface area (Å²) in [7, 11) is 0. The first-order valence-corrected chi connectivity index (χ1v) is 8.63. The van der Waals surface area contributed by atoms with Crippen LogP contribution in [0, 0.1) is 5.92 Å². The Hall–Kier alpha value is -1.34. The molecular weight excluding hydrogens is 312 g/mol. The summed E-state index contributed by atoms with van der Waals surface area (Å²) in [5.41, 5.74) is -0.498. The standard InChI is InChI=1S/C17H30N2O5/c1-16(2,3)24-15(21)19-8-6-12(7-9-19)14(20)18-10-13-11-22-17(4,5)23-13/h12-13H,6-11H2,1-5H3,(H,18,20)/t13-/m0/s1. The average Bonchev–Trinajstić information content (AvgIpc) is 2.82. The second-order valence-electron chi connectivity index (χ2n) is 7.94. The quantitative estimate of drug-likeness (QED) is 0.848. The van der Waals surface area contributed by atoms with Crippen molar-refractivity contribution in [3.05, 3.63) is 0 Å². The van der Waals surface area contributed by atoms with Crippen LogP contribution < -0.4 is 5.32 Å². The van der Waals surface area contributed by atoms with E-state index in [4.69, 9.17) is 14.2 Å². The van der Waals surface area contributed by atoms with Crippen molar-refractivity contribution < 1.29 is 23.8 Å². The molecule has 0 spiro atoms. The van der Waals surface area contributed by atoms with Crippen LogP contribution in [0.4, 0.5) is 4.79 Å². The summed E-state index contributed by atoms with van der Waals surface area (Å²) in [5.74, 6) is -0.625. The van der Waals surface area contributed by atoms with Gasteiger partial charge in [-0.2, -0.15) is 0 Å². The minimum atomic E-state index is -0.575. The fraction of sp³-hybridized carbons (Fsp3) is 0.882. The Morgan fingerprint density at radius 1 is 1.25 bits per heavy atom. The van der Waals surface area contributed by atoms with Gasteiger partial charge in [0.1, 0.15) is 11.7 Å². The fourth-order valence-electron chi connectivity index (χ4n) is 2.87. The van der Waals surface area contributed by atoms with E-state index in [0.717, 1.165) is 0 Å². The third-order valence-corrected chi connectivity index (χ3v) is 4.09. The Balaban J connectivity index is 1.70. The molecule has 2 saturated heterocycles. The molecule has 2 aliphatic heterocycles. The van der Waals surface area contributed by atoms with Crippen molar-refractivity contribution in [2.75, 3.05) is 26.2 Å². The second-order valence-corrected chi connectivity index (χ2v) is 7.94. The molecule has 0 aliphatic carbocycles. The van der Waals surface area contributed by atoms with Gasteiger partial charge in [0.25, 0.3) is 0 Å². The molecule has 0 aromatic rings. The minimum absolute atomic E-state index is 0.0205. The normalized spacial score (nSPS) is 24.7. The van der Waals surface area contributed by atoms with Gasteiger partial charge in [0.15, 0.2) is 5.79 Å². The van der Waals surface area contributed by atoms with Crippen molar-refractivity contribution in [1.29, 1.82) is 0 Å². The number of hydrogen-bond acceptors (Lipinski definition) is 5. The van der Waals surface area contributed by atoms with E-state index in [1.165, 1.54) is 0 Å². The van der Waals surface area contributed by atoms with Gasteiger partial charge < -0.3 is 24.4 Å². The maximum absolute atomic E-state index is 12.3. The van der Waals surface area contributed by atoms with Gasteiger partial charge in [-0.25, -0.2) is 4.79 Å². The lowest BCUT2D eigenvalue weighted by atomic mass is 9.96. The number of piperidine rings is 1. The van der Waals surface area contributed by atoms with E-state index >= 15 is 0 Å². The fourth-order valence-corrected chi connectivity index (χ4v) is 2.87.